The quantitative estimate of drug-likeness (QED) is 0.457. The summed E-state index contributed by atoms with van der Waals surface area (Å²) in [5.41, 5.74) is 5.55. The van der Waals surface area contributed by atoms with E-state index in [2.05, 4.69) is 36.4 Å². The van der Waals surface area contributed by atoms with Crippen LogP contribution in [-0.4, -0.2) is 39.9 Å². The van der Waals surface area contributed by atoms with Crippen LogP contribution in [-0.2, 0) is 18.5 Å². The number of carboxylic acids is 1. The molecule has 0 amide bonds. The molecule has 0 fully saturated rings. The van der Waals surface area contributed by atoms with Crippen LogP contribution in [0.4, 0.5) is 0 Å². The monoisotopic (exact) mass is 447 g/mol. The SMILES string of the molecule is COC(=O)CC([As]C1(c2ccccc2)c2ccccc2-c2ccccc21)C(=O)O. The van der Waals surface area contributed by atoms with Crippen molar-refractivity contribution in [3.63, 3.8) is 0 Å². The predicted molar refractivity (Wildman–Crippen MR) is 112 cm³/mol. The molecule has 4 nitrogen and oxygen atoms in total. The van der Waals surface area contributed by atoms with Gasteiger partial charge in [-0.05, 0) is 0 Å². The van der Waals surface area contributed by atoms with E-state index in [1.807, 2.05) is 42.5 Å². The maximum absolute atomic E-state index is 12.2. The summed E-state index contributed by atoms with van der Waals surface area (Å²) in [5, 5.41) is 9.95. The molecular weight excluding hydrogens is 427 g/mol. The van der Waals surface area contributed by atoms with Crippen LogP contribution in [0.25, 0.3) is 11.1 Å². The molecule has 0 bridgehead atoms. The summed E-state index contributed by atoms with van der Waals surface area (Å²) in [7, 11) is 1.30. The number of carbonyl (C=O) groups excluding carboxylic acids is 1. The third-order valence-corrected chi connectivity index (χ3v) is 9.20. The van der Waals surface area contributed by atoms with Gasteiger partial charge in [-0.25, -0.2) is 0 Å². The minimum atomic E-state index is -0.951. The Morgan fingerprint density at radius 2 is 1.41 bits per heavy atom. The first kappa shape index (κ1) is 19.5. The second-order valence-corrected chi connectivity index (χ2v) is 10.2. The zero-order valence-electron chi connectivity index (χ0n) is 15.9. The molecule has 3 aromatic rings. The first-order valence-electron chi connectivity index (χ1n) is 9.34. The number of hydrogen-bond donors (Lipinski definition) is 1. The Bertz CT molecular complexity index is 1020. The van der Waals surface area contributed by atoms with Gasteiger partial charge >= 0.3 is 176 Å². The second kappa shape index (κ2) is 7.88. The average molecular weight is 447 g/mol. The molecule has 1 atom stereocenters. The van der Waals surface area contributed by atoms with Crippen LogP contribution < -0.4 is 0 Å². The van der Waals surface area contributed by atoms with Crippen molar-refractivity contribution in [2.24, 2.45) is 0 Å². The van der Waals surface area contributed by atoms with Gasteiger partial charge < -0.3 is 0 Å². The van der Waals surface area contributed by atoms with Gasteiger partial charge in [-0.15, -0.1) is 0 Å². The van der Waals surface area contributed by atoms with Crippen LogP contribution >= 0.6 is 0 Å². The van der Waals surface area contributed by atoms with Gasteiger partial charge in [0.2, 0.25) is 0 Å². The second-order valence-electron chi connectivity index (χ2n) is 6.93. The fraction of sp³-hybridized carbons (Fsp3) is 0.167. The molecule has 0 heterocycles. The van der Waals surface area contributed by atoms with E-state index in [9.17, 15) is 14.7 Å². The van der Waals surface area contributed by atoms with Crippen molar-refractivity contribution in [1.82, 2.24) is 0 Å². The number of carboxylic acid groups (broad SMARTS) is 1. The molecule has 1 N–H and O–H groups in total. The van der Waals surface area contributed by atoms with E-state index in [1.54, 1.807) is 0 Å². The van der Waals surface area contributed by atoms with Crippen LogP contribution in [0.2, 0.25) is 4.71 Å². The van der Waals surface area contributed by atoms with E-state index < -0.39 is 36.6 Å². The Morgan fingerprint density at radius 3 is 1.93 bits per heavy atom. The molecule has 1 aliphatic rings. The molecule has 29 heavy (non-hydrogen) atoms. The van der Waals surface area contributed by atoms with Gasteiger partial charge in [-0.3, -0.25) is 0 Å². The van der Waals surface area contributed by atoms with Gasteiger partial charge in [-0.1, -0.05) is 0 Å². The Hall–Kier alpha value is -2.84. The van der Waals surface area contributed by atoms with Crippen molar-refractivity contribution in [3.8, 4) is 11.1 Å². The summed E-state index contributed by atoms with van der Waals surface area (Å²) in [6.07, 6.45) is -0.120. The fourth-order valence-corrected chi connectivity index (χ4v) is 7.82. The Kier molecular flexibility index (Phi) is 5.29. The fourth-order valence-electron chi connectivity index (χ4n) is 4.08. The summed E-state index contributed by atoms with van der Waals surface area (Å²) >= 11 is -0.870. The molecule has 1 radical (unpaired) electrons. The van der Waals surface area contributed by atoms with E-state index in [0.717, 1.165) is 27.8 Å². The number of aliphatic carboxylic acids is 1. The first-order chi connectivity index (χ1) is 14.1. The van der Waals surface area contributed by atoms with Gasteiger partial charge in [0.05, 0.1) is 0 Å². The zero-order chi connectivity index (χ0) is 20.4. The van der Waals surface area contributed by atoms with Crippen molar-refractivity contribution in [3.05, 3.63) is 95.6 Å². The van der Waals surface area contributed by atoms with E-state index in [1.165, 1.54) is 7.11 Å². The Balaban J connectivity index is 1.96. The van der Waals surface area contributed by atoms with Crippen LogP contribution in [0, 0.1) is 0 Å². The number of hydrogen-bond acceptors (Lipinski definition) is 3. The summed E-state index contributed by atoms with van der Waals surface area (Å²) in [6, 6.07) is 26.4. The van der Waals surface area contributed by atoms with Gasteiger partial charge in [0.1, 0.15) is 0 Å². The van der Waals surface area contributed by atoms with Gasteiger partial charge in [0.25, 0.3) is 0 Å². The van der Waals surface area contributed by atoms with E-state index in [0.29, 0.717) is 0 Å². The maximum atomic E-state index is 12.2. The number of ether oxygens (including phenoxy) is 1. The number of rotatable bonds is 6. The summed E-state index contributed by atoms with van der Waals surface area (Å²) in [4.78, 5) is 24.1. The van der Waals surface area contributed by atoms with Crippen LogP contribution in [0.15, 0.2) is 78.9 Å². The van der Waals surface area contributed by atoms with Crippen LogP contribution in [0.3, 0.4) is 0 Å². The number of benzene rings is 3. The number of esters is 1. The molecule has 5 heteroatoms. The molecule has 3 aromatic carbocycles. The standard InChI is InChI=1S/C24H20AsO4/c1-29-22(26)15-21(23(27)28)25-24(16-9-3-2-4-10-16)19-13-7-5-11-17(19)18-12-6-8-14-20(18)24/h2-14,21H,15H2,1H3,(H,27,28). The molecule has 0 saturated carbocycles. The topological polar surface area (TPSA) is 63.6 Å². The number of carbonyl (C=O) groups is 2. The number of fused-ring (bicyclic) bond motifs is 3. The first-order valence-corrected chi connectivity index (χ1v) is 11.4. The molecule has 0 aromatic heterocycles. The molecule has 4 rings (SSSR count). The van der Waals surface area contributed by atoms with Crippen molar-refractivity contribution in [2.75, 3.05) is 7.11 Å². The van der Waals surface area contributed by atoms with Crippen LogP contribution in [0.1, 0.15) is 23.1 Å². The van der Waals surface area contributed by atoms with E-state index in [4.69, 9.17) is 4.74 Å². The van der Waals surface area contributed by atoms with Crippen LogP contribution in [0.5, 0.6) is 0 Å². The molecule has 145 valence electrons. The van der Waals surface area contributed by atoms with Crippen molar-refractivity contribution < 1.29 is 19.4 Å². The van der Waals surface area contributed by atoms with Gasteiger partial charge in [0, 0.05) is 0 Å². The molecular formula is C24H20AsO4. The Morgan fingerprint density at radius 1 is 0.897 bits per heavy atom. The van der Waals surface area contributed by atoms with E-state index >= 15 is 0 Å². The average Bonchev–Trinajstić information content (AvgIpc) is 3.05. The Labute approximate surface area is 176 Å². The summed E-state index contributed by atoms with van der Waals surface area (Å²) in [6.45, 7) is 0. The molecule has 0 saturated heterocycles. The molecule has 0 spiro atoms. The third-order valence-electron chi connectivity index (χ3n) is 5.34. The van der Waals surface area contributed by atoms with Gasteiger partial charge in [0.15, 0.2) is 0 Å². The number of methoxy groups -OCH3 is 1. The predicted octanol–water partition coefficient (Wildman–Crippen LogP) is 4.10. The molecule has 1 unspecified atom stereocenters. The summed E-state index contributed by atoms with van der Waals surface area (Å²) in [5.74, 6) is -1.44. The minimum absolute atomic E-state index is 0.120. The third kappa shape index (κ3) is 3.28. The molecule has 1 aliphatic carbocycles. The van der Waals surface area contributed by atoms with E-state index in [-0.39, 0.29) is 6.42 Å². The normalized spacial score (nSPS) is 14.9. The van der Waals surface area contributed by atoms with Crippen molar-refractivity contribution >= 4 is 27.7 Å². The van der Waals surface area contributed by atoms with Crippen molar-refractivity contribution in [2.45, 2.75) is 15.3 Å². The zero-order valence-corrected chi connectivity index (χ0v) is 17.8. The molecule has 0 aliphatic heterocycles. The van der Waals surface area contributed by atoms with Crippen molar-refractivity contribution in [1.29, 1.82) is 0 Å². The van der Waals surface area contributed by atoms with Gasteiger partial charge in [-0.2, -0.15) is 0 Å². The summed E-state index contributed by atoms with van der Waals surface area (Å²) < 4.78 is 3.45.